The Hall–Kier alpha value is -8.66. The van der Waals surface area contributed by atoms with Crippen molar-refractivity contribution in [1.29, 1.82) is 0 Å². The molecule has 0 aliphatic carbocycles. The predicted octanol–water partition coefficient (Wildman–Crippen LogP) is 17.7. The van der Waals surface area contributed by atoms with Gasteiger partial charge in [-0.05, 0) is 125 Å². The maximum Gasteiger partial charge on any atom is 0.156 e. The monoisotopic (exact) mass is 829 g/mol. The van der Waals surface area contributed by atoms with Crippen LogP contribution in [-0.4, -0.2) is 0 Å². The molecule has 11 aromatic carbocycles. The highest BCUT2D eigenvalue weighted by Gasteiger charge is 2.35. The molecular formula is C62H39NO2. The number of rotatable bonds is 6. The molecule has 0 saturated carbocycles. The topological polar surface area (TPSA) is 21.7 Å². The van der Waals surface area contributed by atoms with E-state index in [2.05, 4.69) is 229 Å². The van der Waals surface area contributed by atoms with Crippen LogP contribution in [0.15, 0.2) is 237 Å². The molecule has 0 unspecified atom stereocenters. The Labute approximate surface area is 377 Å². The van der Waals surface area contributed by atoms with Gasteiger partial charge in [0.2, 0.25) is 0 Å². The zero-order chi connectivity index (χ0) is 42.8. The van der Waals surface area contributed by atoms with E-state index in [-0.39, 0.29) is 0 Å². The van der Waals surface area contributed by atoms with Crippen molar-refractivity contribution >= 4 is 38.6 Å². The Morgan fingerprint density at radius 2 is 0.646 bits per heavy atom. The molecule has 3 heteroatoms. The maximum atomic E-state index is 6.93. The zero-order valence-electron chi connectivity index (χ0n) is 35.3. The van der Waals surface area contributed by atoms with Crippen molar-refractivity contribution in [3.05, 3.63) is 237 Å². The molecule has 65 heavy (non-hydrogen) atoms. The third-order valence-corrected chi connectivity index (χ3v) is 13.1. The van der Waals surface area contributed by atoms with Crippen molar-refractivity contribution in [2.24, 2.45) is 0 Å². The lowest BCUT2D eigenvalue weighted by atomic mass is 9.90. The summed E-state index contributed by atoms with van der Waals surface area (Å²) in [5.41, 5.74) is 16.8. The molecule has 0 aromatic heterocycles. The van der Waals surface area contributed by atoms with E-state index in [1.165, 1.54) is 60.5 Å². The fraction of sp³-hybridized carbons (Fsp3) is 0. The lowest BCUT2D eigenvalue weighted by molar-refractivity contribution is 0.446. The predicted molar refractivity (Wildman–Crippen MR) is 269 cm³/mol. The van der Waals surface area contributed by atoms with Crippen LogP contribution in [0.1, 0.15) is 0 Å². The van der Waals surface area contributed by atoms with E-state index < -0.39 is 0 Å². The highest BCUT2D eigenvalue weighted by molar-refractivity contribution is 6.02. The quantitative estimate of drug-likeness (QED) is 0.167. The van der Waals surface area contributed by atoms with E-state index in [0.29, 0.717) is 0 Å². The van der Waals surface area contributed by atoms with Crippen LogP contribution in [0.4, 0.5) is 17.1 Å². The number of ether oxygens (including phenoxy) is 2. The van der Waals surface area contributed by atoms with Gasteiger partial charge in [0.15, 0.2) is 23.0 Å². The number of hydrogen-bond acceptors (Lipinski definition) is 3. The van der Waals surface area contributed by atoms with Gasteiger partial charge in [0.1, 0.15) is 5.69 Å². The normalized spacial score (nSPS) is 12.2. The number of benzene rings is 11. The molecule has 0 amide bonds. The fourth-order valence-corrected chi connectivity index (χ4v) is 9.97. The standard InChI is InChI=1S/C62H39NO2/c1-3-17-48-42(13-1)15-11-23-54(48)52-21-7-5-19-50(52)44-31-27-40(28-32-44)46-35-36-57-59(37-46)65-61-39-47(38-60-62(61)63(57)56-25-9-10-26-58(56)64-60)41-29-33-45(34-30-41)51-20-6-8-22-53(51)55-24-12-16-43-14-2-4-18-49(43)55/h1-39H. The fourth-order valence-electron chi connectivity index (χ4n) is 9.97. The Bertz CT molecular complexity index is 3650. The number of para-hydroxylation sites is 2. The summed E-state index contributed by atoms with van der Waals surface area (Å²) < 4.78 is 13.6. The minimum absolute atomic E-state index is 0.752. The van der Waals surface area contributed by atoms with Gasteiger partial charge < -0.3 is 9.47 Å². The highest BCUT2D eigenvalue weighted by atomic mass is 16.5. The highest BCUT2D eigenvalue weighted by Crippen LogP contribution is 2.61. The van der Waals surface area contributed by atoms with Gasteiger partial charge in [-0.3, -0.25) is 4.90 Å². The lowest BCUT2D eigenvalue weighted by Gasteiger charge is -2.38. The van der Waals surface area contributed by atoms with E-state index in [4.69, 9.17) is 9.47 Å². The van der Waals surface area contributed by atoms with Gasteiger partial charge in [0.05, 0.1) is 11.4 Å². The SMILES string of the molecule is c1ccc2c(c1)Oc1cc(-c3ccc(-c4ccccc4-c4cccc5ccccc45)cc3)cc3c1N2c1ccc(-c2ccc(-c4ccccc4-c4cccc5ccccc45)cc2)cc1O3. The largest absolute Gasteiger partial charge is 0.453 e. The van der Waals surface area contributed by atoms with Crippen molar-refractivity contribution in [1.82, 2.24) is 0 Å². The summed E-state index contributed by atoms with van der Waals surface area (Å²) in [6, 6.07) is 84.6. The van der Waals surface area contributed by atoms with Crippen LogP contribution in [0.5, 0.6) is 23.0 Å². The van der Waals surface area contributed by atoms with E-state index in [1.807, 2.05) is 12.1 Å². The molecule has 0 spiro atoms. The third kappa shape index (κ3) is 6.20. The first kappa shape index (κ1) is 36.9. The minimum atomic E-state index is 0.752. The molecule has 0 radical (unpaired) electrons. The molecular weight excluding hydrogens is 791 g/mol. The van der Waals surface area contributed by atoms with Gasteiger partial charge in [-0.2, -0.15) is 0 Å². The molecule has 0 atom stereocenters. The summed E-state index contributed by atoms with van der Waals surface area (Å²) in [4.78, 5) is 2.29. The van der Waals surface area contributed by atoms with Crippen LogP contribution >= 0.6 is 0 Å². The molecule has 0 bridgehead atoms. The second-order valence-corrected chi connectivity index (χ2v) is 16.8. The van der Waals surface area contributed by atoms with Crippen molar-refractivity contribution in [3.63, 3.8) is 0 Å². The van der Waals surface area contributed by atoms with Gasteiger partial charge in [-0.15, -0.1) is 0 Å². The van der Waals surface area contributed by atoms with Gasteiger partial charge in [-0.25, -0.2) is 0 Å². The van der Waals surface area contributed by atoms with Crippen molar-refractivity contribution in [3.8, 4) is 89.8 Å². The maximum absolute atomic E-state index is 6.93. The second-order valence-electron chi connectivity index (χ2n) is 16.8. The molecule has 0 saturated heterocycles. The summed E-state index contributed by atoms with van der Waals surface area (Å²) in [6.45, 7) is 0. The molecule has 2 aliphatic rings. The third-order valence-electron chi connectivity index (χ3n) is 13.1. The van der Waals surface area contributed by atoms with Crippen LogP contribution in [-0.2, 0) is 0 Å². The number of hydrogen-bond donors (Lipinski definition) is 0. The van der Waals surface area contributed by atoms with Gasteiger partial charge >= 0.3 is 0 Å². The lowest BCUT2D eigenvalue weighted by Crippen LogP contribution is -2.20. The summed E-state index contributed by atoms with van der Waals surface area (Å²) in [5.74, 6) is 3.11. The van der Waals surface area contributed by atoms with Gasteiger partial charge in [-0.1, -0.05) is 200 Å². The first-order valence-electron chi connectivity index (χ1n) is 22.1. The van der Waals surface area contributed by atoms with Crippen molar-refractivity contribution in [2.45, 2.75) is 0 Å². The van der Waals surface area contributed by atoms with E-state index >= 15 is 0 Å². The van der Waals surface area contributed by atoms with E-state index in [9.17, 15) is 0 Å². The first-order valence-corrected chi connectivity index (χ1v) is 22.1. The summed E-state index contributed by atoms with van der Waals surface area (Å²) in [5, 5.41) is 4.98. The first-order chi connectivity index (χ1) is 32.2. The van der Waals surface area contributed by atoms with Crippen LogP contribution in [0.2, 0.25) is 0 Å². The van der Waals surface area contributed by atoms with Crippen LogP contribution in [0, 0.1) is 0 Å². The zero-order valence-corrected chi connectivity index (χ0v) is 35.3. The van der Waals surface area contributed by atoms with Crippen molar-refractivity contribution in [2.75, 3.05) is 4.90 Å². The molecule has 2 heterocycles. The number of nitrogens with zero attached hydrogens (tertiary/aromatic N) is 1. The summed E-state index contributed by atoms with van der Waals surface area (Å²) in [6.07, 6.45) is 0. The molecule has 11 aromatic rings. The van der Waals surface area contributed by atoms with Gasteiger partial charge in [0.25, 0.3) is 0 Å². The number of fused-ring (bicyclic) bond motifs is 6. The number of anilines is 3. The van der Waals surface area contributed by atoms with Crippen molar-refractivity contribution < 1.29 is 9.47 Å². The van der Waals surface area contributed by atoms with E-state index in [1.54, 1.807) is 0 Å². The summed E-state index contributed by atoms with van der Waals surface area (Å²) in [7, 11) is 0. The smallest absolute Gasteiger partial charge is 0.156 e. The Morgan fingerprint density at radius 3 is 1.25 bits per heavy atom. The van der Waals surface area contributed by atoms with Crippen LogP contribution in [0.25, 0.3) is 88.3 Å². The molecule has 13 rings (SSSR count). The Balaban J connectivity index is 0.849. The van der Waals surface area contributed by atoms with Crippen LogP contribution in [0.3, 0.4) is 0 Å². The molecule has 304 valence electrons. The van der Waals surface area contributed by atoms with Gasteiger partial charge in [0, 0.05) is 0 Å². The van der Waals surface area contributed by atoms with E-state index in [0.717, 1.165) is 67.9 Å². The minimum Gasteiger partial charge on any atom is -0.453 e. The molecule has 0 fully saturated rings. The average molecular weight is 830 g/mol. The Kier molecular flexibility index (Phi) is 8.53. The van der Waals surface area contributed by atoms with Crippen LogP contribution < -0.4 is 14.4 Å². The Morgan fingerprint density at radius 1 is 0.246 bits per heavy atom. The molecule has 2 aliphatic heterocycles. The summed E-state index contributed by atoms with van der Waals surface area (Å²) >= 11 is 0. The molecule has 3 nitrogen and oxygen atoms in total. The molecule has 0 N–H and O–H groups in total. The second kappa shape index (κ2) is 15.0. The average Bonchev–Trinajstić information content (AvgIpc) is 3.38.